The fourth-order valence-corrected chi connectivity index (χ4v) is 1.79. The van der Waals surface area contributed by atoms with Gasteiger partial charge in [-0.05, 0) is 12.1 Å². The number of hydrogen-bond acceptors (Lipinski definition) is 4. The molecule has 0 saturated heterocycles. The Morgan fingerprint density at radius 1 is 1.37 bits per heavy atom. The second-order valence-electron chi connectivity index (χ2n) is 3.95. The maximum atomic E-state index is 11.5. The van der Waals surface area contributed by atoms with Gasteiger partial charge in [0.1, 0.15) is 13.2 Å². The van der Waals surface area contributed by atoms with Crippen LogP contribution in [-0.2, 0) is 20.9 Å². The summed E-state index contributed by atoms with van der Waals surface area (Å²) in [6, 6.07) is 5.01. The van der Waals surface area contributed by atoms with E-state index in [2.05, 4.69) is 15.4 Å². The van der Waals surface area contributed by atoms with Crippen LogP contribution < -0.4 is 10.6 Å². The summed E-state index contributed by atoms with van der Waals surface area (Å²) in [5.41, 5.74) is 1.78. The average Bonchev–Trinajstić information content (AvgIpc) is 2.72. The highest BCUT2D eigenvalue weighted by Crippen LogP contribution is 2.23. The van der Waals surface area contributed by atoms with E-state index in [0.717, 1.165) is 5.56 Å². The second kappa shape index (κ2) is 5.49. The molecule has 0 atom stereocenters. The van der Waals surface area contributed by atoms with Gasteiger partial charge in [0.15, 0.2) is 0 Å². The first-order chi connectivity index (χ1) is 9.08. The summed E-state index contributed by atoms with van der Waals surface area (Å²) in [6.45, 7) is -0.516. The minimum absolute atomic E-state index is 0.173. The van der Waals surface area contributed by atoms with Crippen LogP contribution in [0.25, 0.3) is 0 Å². The lowest BCUT2D eigenvalue weighted by Crippen LogP contribution is -2.21. The van der Waals surface area contributed by atoms with E-state index in [9.17, 15) is 14.4 Å². The lowest BCUT2D eigenvalue weighted by molar-refractivity contribution is -0.143. The van der Waals surface area contributed by atoms with Gasteiger partial charge in [0.05, 0.1) is 0 Å². The number of hydrogen-bond donors (Lipinski definition) is 3. The predicted octanol–water partition coefficient (Wildman–Crippen LogP) is -0.0303. The topological polar surface area (TPSA) is 105 Å². The van der Waals surface area contributed by atoms with E-state index in [1.54, 1.807) is 18.2 Å². The minimum atomic E-state index is -1.14. The molecule has 0 bridgehead atoms. The van der Waals surface area contributed by atoms with Gasteiger partial charge in [-0.15, -0.1) is 0 Å². The van der Waals surface area contributed by atoms with E-state index >= 15 is 0 Å². The molecular weight excluding hydrogens is 252 g/mol. The van der Waals surface area contributed by atoms with Crippen molar-refractivity contribution in [2.75, 3.05) is 18.5 Å². The Kier molecular flexibility index (Phi) is 3.76. The maximum absolute atomic E-state index is 11.5. The van der Waals surface area contributed by atoms with E-state index < -0.39 is 18.5 Å². The van der Waals surface area contributed by atoms with E-state index in [4.69, 9.17) is 5.11 Å². The molecule has 1 aromatic carbocycles. The minimum Gasteiger partial charge on any atom is -0.480 e. The largest absolute Gasteiger partial charge is 0.480 e. The van der Waals surface area contributed by atoms with Gasteiger partial charge in [0.2, 0.25) is 5.91 Å². The van der Waals surface area contributed by atoms with Gasteiger partial charge in [0.25, 0.3) is 5.91 Å². The molecule has 7 heteroatoms. The number of benzene rings is 1. The number of carboxylic acids is 1. The highest BCUT2D eigenvalue weighted by Gasteiger charge is 2.21. The van der Waals surface area contributed by atoms with Crippen molar-refractivity contribution < 1.29 is 24.2 Å². The van der Waals surface area contributed by atoms with Crippen molar-refractivity contribution in [3.63, 3.8) is 0 Å². The molecule has 1 aliphatic rings. The van der Waals surface area contributed by atoms with Crippen LogP contribution in [0.15, 0.2) is 18.2 Å². The molecule has 0 radical (unpaired) electrons. The summed E-state index contributed by atoms with van der Waals surface area (Å²) in [5.74, 6) is -1.77. The maximum Gasteiger partial charge on any atom is 0.329 e. The van der Waals surface area contributed by atoms with Crippen LogP contribution in [0.1, 0.15) is 15.9 Å². The first kappa shape index (κ1) is 13.0. The number of rotatable bonds is 5. The van der Waals surface area contributed by atoms with E-state index in [-0.39, 0.29) is 12.5 Å². The van der Waals surface area contributed by atoms with Crippen molar-refractivity contribution in [2.45, 2.75) is 6.54 Å². The van der Waals surface area contributed by atoms with Crippen molar-refractivity contribution >= 4 is 23.5 Å². The highest BCUT2D eigenvalue weighted by atomic mass is 16.5. The van der Waals surface area contributed by atoms with Crippen molar-refractivity contribution in [3.8, 4) is 0 Å². The van der Waals surface area contributed by atoms with E-state index in [1.165, 1.54) is 0 Å². The van der Waals surface area contributed by atoms with Crippen LogP contribution in [0, 0.1) is 0 Å². The molecular formula is C12H12N2O5. The van der Waals surface area contributed by atoms with E-state index in [0.29, 0.717) is 17.8 Å². The number of amides is 2. The third-order valence-electron chi connectivity index (χ3n) is 2.58. The first-order valence-corrected chi connectivity index (χ1v) is 5.57. The monoisotopic (exact) mass is 264 g/mol. The van der Waals surface area contributed by atoms with E-state index in [1.807, 2.05) is 0 Å². The van der Waals surface area contributed by atoms with Gasteiger partial charge in [-0.3, -0.25) is 9.59 Å². The highest BCUT2D eigenvalue weighted by molar-refractivity contribution is 6.02. The molecule has 7 nitrogen and oxygen atoms in total. The van der Waals surface area contributed by atoms with Crippen molar-refractivity contribution in [2.24, 2.45) is 0 Å². The van der Waals surface area contributed by atoms with Crippen molar-refractivity contribution in [3.05, 3.63) is 29.3 Å². The summed E-state index contributed by atoms with van der Waals surface area (Å²) in [5, 5.41) is 13.6. The summed E-state index contributed by atoms with van der Waals surface area (Å²) >= 11 is 0. The van der Waals surface area contributed by atoms with Crippen LogP contribution in [0.5, 0.6) is 0 Å². The fourth-order valence-electron chi connectivity index (χ4n) is 1.79. The zero-order valence-electron chi connectivity index (χ0n) is 9.93. The molecule has 0 fully saturated rings. The average molecular weight is 264 g/mol. The number of nitrogens with one attached hydrogen (secondary N) is 2. The van der Waals surface area contributed by atoms with Crippen molar-refractivity contribution in [1.82, 2.24) is 5.32 Å². The van der Waals surface area contributed by atoms with Gasteiger partial charge >= 0.3 is 5.97 Å². The van der Waals surface area contributed by atoms with Crippen LogP contribution in [-0.4, -0.2) is 36.1 Å². The molecule has 3 N–H and O–H groups in total. The number of carbonyl (C=O) groups is 3. The lowest BCUT2D eigenvalue weighted by atomic mass is 10.1. The molecule has 1 heterocycles. The van der Waals surface area contributed by atoms with Crippen LogP contribution in [0.3, 0.4) is 0 Å². The summed E-state index contributed by atoms with van der Waals surface area (Å²) in [7, 11) is 0. The zero-order valence-corrected chi connectivity index (χ0v) is 9.93. The molecule has 1 aromatic rings. The van der Waals surface area contributed by atoms with Gasteiger partial charge < -0.3 is 20.5 Å². The summed E-state index contributed by atoms with van der Waals surface area (Å²) in [4.78, 5) is 33.2. The third kappa shape index (κ3) is 3.08. The molecule has 0 spiro atoms. The standard InChI is InChI=1S/C12H12N2O5/c15-10(5-19-6-11(16)17)14-9-3-1-2-7-8(9)4-13-12(7)18/h1-3H,4-6H2,(H,13,18)(H,14,15)(H,16,17). The SMILES string of the molecule is O=C(O)COCC(=O)Nc1cccc2c1CNC2=O. The Balaban J connectivity index is 1.98. The van der Waals surface area contributed by atoms with Gasteiger partial charge in [0, 0.05) is 23.4 Å². The number of ether oxygens (including phenoxy) is 1. The smallest absolute Gasteiger partial charge is 0.329 e. The van der Waals surface area contributed by atoms with Crippen molar-refractivity contribution in [1.29, 1.82) is 0 Å². The third-order valence-corrected chi connectivity index (χ3v) is 2.58. The normalized spacial score (nSPS) is 12.7. The Morgan fingerprint density at radius 3 is 2.89 bits per heavy atom. The summed E-state index contributed by atoms with van der Waals surface area (Å²) in [6.07, 6.45) is 0. The number of fused-ring (bicyclic) bond motifs is 1. The number of carboxylic acid groups (broad SMARTS) is 1. The lowest BCUT2D eigenvalue weighted by Gasteiger charge is -2.08. The fraction of sp³-hybridized carbons (Fsp3) is 0.250. The van der Waals surface area contributed by atoms with Gasteiger partial charge in [-0.25, -0.2) is 4.79 Å². The Bertz CT molecular complexity index is 541. The van der Waals surface area contributed by atoms with Crippen LogP contribution in [0.4, 0.5) is 5.69 Å². The molecule has 100 valence electrons. The number of aliphatic carboxylic acids is 1. The Morgan fingerprint density at radius 2 is 2.16 bits per heavy atom. The molecule has 0 unspecified atom stereocenters. The molecule has 19 heavy (non-hydrogen) atoms. The molecule has 2 rings (SSSR count). The Labute approximate surface area is 108 Å². The molecule has 2 amide bonds. The molecule has 0 aromatic heterocycles. The summed E-state index contributed by atoms with van der Waals surface area (Å²) < 4.78 is 4.68. The molecule has 1 aliphatic heterocycles. The first-order valence-electron chi connectivity index (χ1n) is 5.57. The van der Waals surface area contributed by atoms with Crippen LogP contribution in [0.2, 0.25) is 0 Å². The quantitative estimate of drug-likeness (QED) is 0.692. The molecule has 0 saturated carbocycles. The molecule has 0 aliphatic carbocycles. The predicted molar refractivity (Wildman–Crippen MR) is 64.7 cm³/mol. The Hall–Kier alpha value is -2.41. The van der Waals surface area contributed by atoms with Crippen LogP contribution >= 0.6 is 0 Å². The van der Waals surface area contributed by atoms with Gasteiger partial charge in [-0.1, -0.05) is 6.07 Å². The number of carbonyl (C=O) groups excluding carboxylic acids is 2. The van der Waals surface area contributed by atoms with Gasteiger partial charge in [-0.2, -0.15) is 0 Å². The number of anilines is 1. The second-order valence-corrected chi connectivity index (χ2v) is 3.95. The zero-order chi connectivity index (χ0) is 13.8.